The Morgan fingerprint density at radius 2 is 0.912 bits per heavy atom. The zero-order chi connectivity index (χ0) is 42.0. The average Bonchev–Trinajstić information content (AvgIpc) is 3.12. The third-order valence-corrected chi connectivity index (χ3v) is 13.5. The van der Waals surface area contributed by atoms with Gasteiger partial charge in [-0.2, -0.15) is 0 Å². The van der Waals surface area contributed by atoms with E-state index >= 15 is 0 Å². The Kier molecular flexibility index (Phi) is 21.2. The van der Waals surface area contributed by atoms with Crippen molar-refractivity contribution in [2.24, 2.45) is 35.5 Å². The third-order valence-electron chi connectivity index (χ3n) is 13.5. The first-order chi connectivity index (χ1) is 27.0. The van der Waals surface area contributed by atoms with Gasteiger partial charge in [0, 0.05) is 0 Å². The van der Waals surface area contributed by atoms with Crippen LogP contribution in [0.15, 0.2) is 30.3 Å². The van der Waals surface area contributed by atoms with Crippen molar-refractivity contribution in [1.29, 1.82) is 0 Å². The van der Waals surface area contributed by atoms with Crippen LogP contribution < -0.4 is 9.47 Å². The molecule has 0 aliphatic carbocycles. The van der Waals surface area contributed by atoms with Gasteiger partial charge >= 0.3 is 0 Å². The Morgan fingerprint density at radius 1 is 0.509 bits per heavy atom. The molecule has 6 unspecified atom stereocenters. The van der Waals surface area contributed by atoms with E-state index in [9.17, 15) is 10.2 Å². The molecule has 2 aromatic carbocycles. The van der Waals surface area contributed by atoms with E-state index in [2.05, 4.69) is 69.2 Å². The van der Waals surface area contributed by atoms with Gasteiger partial charge in [-0.15, -0.1) is 0 Å². The number of hydrogen-bond acceptors (Lipinski definition) is 4. The fourth-order valence-corrected chi connectivity index (χ4v) is 9.39. The van der Waals surface area contributed by atoms with Crippen molar-refractivity contribution >= 4 is 0 Å². The number of phenolic OH excluding ortho intramolecular Hbond substituents is 2. The number of ether oxygens (including phenoxy) is 2. The minimum absolute atomic E-state index is 0.0470. The summed E-state index contributed by atoms with van der Waals surface area (Å²) in [6.45, 7) is 25.6. The highest BCUT2D eigenvalue weighted by Crippen LogP contribution is 2.41. The molecule has 2 heterocycles. The molecule has 0 aromatic heterocycles. The van der Waals surface area contributed by atoms with Crippen LogP contribution in [-0.4, -0.2) is 21.4 Å². The Labute approximate surface area is 352 Å². The van der Waals surface area contributed by atoms with E-state index in [0.29, 0.717) is 11.5 Å². The van der Waals surface area contributed by atoms with Crippen molar-refractivity contribution in [2.45, 2.75) is 229 Å². The van der Waals surface area contributed by atoms with Crippen molar-refractivity contribution in [1.82, 2.24) is 0 Å². The quantitative estimate of drug-likeness (QED) is 0.111. The zero-order valence-corrected chi connectivity index (χ0v) is 39.1. The minimum atomic E-state index is -0.0562. The second-order valence-corrected chi connectivity index (χ2v) is 20.9. The van der Waals surface area contributed by atoms with Crippen LogP contribution in [0.3, 0.4) is 0 Å². The zero-order valence-electron chi connectivity index (χ0n) is 39.1. The molecule has 0 saturated carbocycles. The average molecular weight is 791 g/mol. The fraction of sp³-hybridized carbons (Fsp3) is 0.774. The summed E-state index contributed by atoms with van der Waals surface area (Å²) in [5.74, 6) is 7.78. The SMILES string of the molecule is CC(C)CCCC(C)CCCC(C)CCCC1(C)CCc2cc(O)ccc2O1.Cc1cc(O)cc2c1OC(C)(CCCC(C)CCCC(C)CCCC(C)C)CC2. The molecule has 0 amide bonds. The van der Waals surface area contributed by atoms with Crippen LogP contribution in [0.4, 0.5) is 0 Å². The number of rotatable bonds is 24. The number of aromatic hydroxyl groups is 2. The summed E-state index contributed by atoms with van der Waals surface area (Å²) < 4.78 is 12.8. The van der Waals surface area contributed by atoms with Crippen molar-refractivity contribution in [2.75, 3.05) is 0 Å². The maximum Gasteiger partial charge on any atom is 0.126 e. The lowest BCUT2D eigenvalue weighted by atomic mass is 9.85. The fourth-order valence-electron chi connectivity index (χ4n) is 9.39. The van der Waals surface area contributed by atoms with E-state index in [1.165, 1.54) is 103 Å². The molecule has 0 bridgehead atoms. The molecule has 0 radical (unpaired) electrons. The Balaban J connectivity index is 0.000000306. The molecule has 4 nitrogen and oxygen atoms in total. The predicted molar refractivity (Wildman–Crippen MR) is 245 cm³/mol. The molecule has 0 spiro atoms. The highest BCUT2D eigenvalue weighted by Gasteiger charge is 2.33. The standard InChI is InChI=1S/C27H46O2.C26H44O2/c1-20(2)10-7-11-21(3)12-8-13-22(4)14-9-16-27(6)17-15-24-19-25(28)18-23(5)26(24)29-27;1-20(2)9-6-10-21(3)11-7-12-22(4)13-8-17-26(5)18-16-23-19-24(27)14-15-25(23)28-26/h18-22,28H,7-17H2,1-6H3;14-15,19-22,27H,6-13,16-18H2,1-5H3. The van der Waals surface area contributed by atoms with Crippen molar-refractivity contribution in [3.05, 3.63) is 47.0 Å². The van der Waals surface area contributed by atoms with Gasteiger partial charge in [0.15, 0.2) is 0 Å². The molecule has 57 heavy (non-hydrogen) atoms. The summed E-state index contributed by atoms with van der Waals surface area (Å²) in [5.41, 5.74) is 3.26. The molecular weight excluding hydrogens is 701 g/mol. The van der Waals surface area contributed by atoms with Gasteiger partial charge < -0.3 is 19.7 Å². The third kappa shape index (κ3) is 19.1. The van der Waals surface area contributed by atoms with Gasteiger partial charge in [0.1, 0.15) is 34.2 Å². The smallest absolute Gasteiger partial charge is 0.126 e. The number of aryl methyl sites for hydroxylation is 3. The van der Waals surface area contributed by atoms with E-state index in [4.69, 9.17) is 9.47 Å². The van der Waals surface area contributed by atoms with Crippen LogP contribution in [-0.2, 0) is 12.8 Å². The van der Waals surface area contributed by atoms with E-state index in [1.807, 2.05) is 31.2 Å². The molecule has 0 fully saturated rings. The molecule has 2 aromatic rings. The van der Waals surface area contributed by atoms with Gasteiger partial charge in [-0.3, -0.25) is 0 Å². The monoisotopic (exact) mass is 791 g/mol. The van der Waals surface area contributed by atoms with Crippen LogP contribution in [0.1, 0.15) is 214 Å². The number of benzene rings is 2. The molecule has 2 aliphatic heterocycles. The van der Waals surface area contributed by atoms with E-state index < -0.39 is 0 Å². The number of fused-ring (bicyclic) bond motifs is 2. The van der Waals surface area contributed by atoms with Crippen LogP contribution in [0.5, 0.6) is 23.0 Å². The first-order valence-corrected chi connectivity index (χ1v) is 24.0. The van der Waals surface area contributed by atoms with Crippen molar-refractivity contribution in [3.63, 3.8) is 0 Å². The lowest BCUT2D eigenvalue weighted by Gasteiger charge is -2.37. The van der Waals surface area contributed by atoms with Crippen LogP contribution in [0, 0.1) is 42.4 Å². The summed E-state index contributed by atoms with van der Waals surface area (Å²) in [4.78, 5) is 0. The van der Waals surface area contributed by atoms with Gasteiger partial charge in [0.2, 0.25) is 0 Å². The van der Waals surface area contributed by atoms with Crippen molar-refractivity contribution < 1.29 is 19.7 Å². The van der Waals surface area contributed by atoms with E-state index in [0.717, 1.165) is 102 Å². The van der Waals surface area contributed by atoms with Crippen LogP contribution in [0.2, 0.25) is 0 Å². The van der Waals surface area contributed by atoms with Gasteiger partial charge in [-0.1, -0.05) is 145 Å². The molecule has 4 rings (SSSR count). The van der Waals surface area contributed by atoms with Crippen LogP contribution in [0.25, 0.3) is 0 Å². The first kappa shape index (κ1) is 49.0. The molecule has 326 valence electrons. The molecule has 2 N–H and O–H groups in total. The lowest BCUT2D eigenvalue weighted by molar-refractivity contribution is 0.0514. The maximum absolute atomic E-state index is 9.82. The number of phenols is 2. The Hall–Kier alpha value is -2.36. The normalized spacial score (nSPS) is 21.1. The summed E-state index contributed by atoms with van der Waals surface area (Å²) in [6, 6.07) is 9.19. The first-order valence-electron chi connectivity index (χ1n) is 24.0. The molecule has 4 heteroatoms. The van der Waals surface area contributed by atoms with Crippen LogP contribution >= 0.6 is 0 Å². The summed E-state index contributed by atoms with van der Waals surface area (Å²) in [5, 5.41) is 19.5. The summed E-state index contributed by atoms with van der Waals surface area (Å²) in [7, 11) is 0. The van der Waals surface area contributed by atoms with E-state index in [-0.39, 0.29) is 11.2 Å². The molecule has 2 aliphatic rings. The molecule has 0 saturated heterocycles. The topological polar surface area (TPSA) is 58.9 Å². The molecular formula is C53H90O4. The highest BCUT2D eigenvalue weighted by molar-refractivity contribution is 5.47. The largest absolute Gasteiger partial charge is 0.508 e. The van der Waals surface area contributed by atoms with Crippen molar-refractivity contribution in [3.8, 4) is 23.0 Å². The Bertz CT molecular complexity index is 1410. The second kappa shape index (κ2) is 24.7. The lowest BCUT2D eigenvalue weighted by Crippen LogP contribution is -2.36. The summed E-state index contributed by atoms with van der Waals surface area (Å²) in [6.07, 6.45) is 28.1. The van der Waals surface area contributed by atoms with Gasteiger partial charge in [-0.25, -0.2) is 0 Å². The van der Waals surface area contributed by atoms with E-state index in [1.54, 1.807) is 6.07 Å². The van der Waals surface area contributed by atoms with Gasteiger partial charge in [-0.05, 0) is 155 Å². The van der Waals surface area contributed by atoms with Gasteiger partial charge in [0.25, 0.3) is 0 Å². The maximum atomic E-state index is 9.82. The highest BCUT2D eigenvalue weighted by atomic mass is 16.5. The Morgan fingerprint density at radius 3 is 1.39 bits per heavy atom. The summed E-state index contributed by atoms with van der Waals surface area (Å²) >= 11 is 0. The minimum Gasteiger partial charge on any atom is -0.508 e. The second-order valence-electron chi connectivity index (χ2n) is 20.9. The van der Waals surface area contributed by atoms with Gasteiger partial charge in [0.05, 0.1) is 0 Å². The molecule has 6 atom stereocenters. The number of hydrogen-bond donors (Lipinski definition) is 2. The predicted octanol–water partition coefficient (Wildman–Crippen LogP) is 16.1.